The summed E-state index contributed by atoms with van der Waals surface area (Å²) in [6.45, 7) is 2.28. The van der Waals surface area contributed by atoms with Gasteiger partial charge in [-0.25, -0.2) is 0 Å². The fraction of sp³-hybridized carbons (Fsp3) is 0.800. The number of hydrogen-bond acceptors (Lipinski definition) is 4. The summed E-state index contributed by atoms with van der Waals surface area (Å²) in [6.07, 6.45) is 6.79. The van der Waals surface area contributed by atoms with Crippen molar-refractivity contribution in [2.75, 3.05) is 6.61 Å². The Balaban J connectivity index is 3.09. The predicted octanol–water partition coefficient (Wildman–Crippen LogP) is 2.35. The average Bonchev–Trinajstić information content (AvgIpc) is 2.17. The lowest BCUT2D eigenvalue weighted by atomic mass is 10.1. The maximum Gasteiger partial charge on any atom is 0.305 e. The molecule has 0 saturated carbocycles. The monoisotopic (exact) mass is 201 g/mol. The first-order valence-electron chi connectivity index (χ1n) is 5.12. The van der Waals surface area contributed by atoms with Gasteiger partial charge >= 0.3 is 5.97 Å². The Labute approximate surface area is 84.9 Å². The Kier molecular flexibility index (Phi) is 9.26. The number of rotatable bonds is 8. The fourth-order valence-corrected chi connectivity index (χ4v) is 1.15. The van der Waals surface area contributed by atoms with Gasteiger partial charge in [-0.05, 0) is 26.2 Å². The van der Waals surface area contributed by atoms with E-state index in [1.807, 2.05) is 6.92 Å². The topological polar surface area (TPSA) is 58.9 Å². The Morgan fingerprint density at radius 1 is 1.36 bits per heavy atom. The molecule has 0 atom stereocenters. The highest BCUT2D eigenvalue weighted by Crippen LogP contribution is 2.05. The van der Waals surface area contributed by atoms with E-state index >= 15 is 0 Å². The number of nitrogens with zero attached hydrogens (tertiary/aromatic N) is 1. The second kappa shape index (κ2) is 10.0. The molecule has 14 heavy (non-hydrogen) atoms. The summed E-state index contributed by atoms with van der Waals surface area (Å²) >= 11 is 0. The Hall–Kier alpha value is -1.06. The van der Waals surface area contributed by atoms with Crippen molar-refractivity contribution in [1.82, 2.24) is 0 Å². The first kappa shape index (κ1) is 12.9. The second-order valence-electron chi connectivity index (χ2n) is 3.06. The zero-order valence-corrected chi connectivity index (χ0v) is 8.74. The quantitative estimate of drug-likeness (QED) is 0.215. The number of oxime groups is 1. The molecule has 1 N–H and O–H groups in total. The van der Waals surface area contributed by atoms with E-state index < -0.39 is 0 Å². The van der Waals surface area contributed by atoms with Crippen molar-refractivity contribution in [1.29, 1.82) is 0 Å². The van der Waals surface area contributed by atoms with E-state index in [2.05, 4.69) is 5.16 Å². The van der Waals surface area contributed by atoms with Crippen molar-refractivity contribution in [2.45, 2.75) is 45.4 Å². The van der Waals surface area contributed by atoms with Gasteiger partial charge in [0, 0.05) is 12.6 Å². The molecule has 4 heteroatoms. The molecule has 0 rings (SSSR count). The molecule has 4 nitrogen and oxygen atoms in total. The zero-order chi connectivity index (χ0) is 10.6. The van der Waals surface area contributed by atoms with Crippen LogP contribution >= 0.6 is 0 Å². The fourth-order valence-electron chi connectivity index (χ4n) is 1.15. The van der Waals surface area contributed by atoms with Crippen LogP contribution < -0.4 is 0 Å². The minimum absolute atomic E-state index is 0.107. The molecule has 0 aliphatic carbocycles. The number of unbranched alkanes of at least 4 members (excludes halogenated alkanes) is 4. The Bertz CT molecular complexity index is 169. The van der Waals surface area contributed by atoms with Crippen molar-refractivity contribution in [3.8, 4) is 0 Å². The molecule has 0 heterocycles. The molecule has 0 fully saturated rings. The summed E-state index contributed by atoms with van der Waals surface area (Å²) in [5.74, 6) is -0.107. The minimum Gasteiger partial charge on any atom is -0.466 e. The van der Waals surface area contributed by atoms with Crippen molar-refractivity contribution in [2.24, 2.45) is 5.16 Å². The highest BCUT2D eigenvalue weighted by molar-refractivity contribution is 5.69. The number of hydrogen-bond donors (Lipinski definition) is 1. The van der Waals surface area contributed by atoms with E-state index in [-0.39, 0.29) is 5.97 Å². The van der Waals surface area contributed by atoms with Crippen molar-refractivity contribution < 1.29 is 14.7 Å². The van der Waals surface area contributed by atoms with Crippen molar-refractivity contribution in [3.05, 3.63) is 0 Å². The van der Waals surface area contributed by atoms with Crippen LogP contribution in [0.5, 0.6) is 0 Å². The molecule has 0 amide bonds. The number of carbonyl (C=O) groups excluding carboxylic acids is 1. The van der Waals surface area contributed by atoms with Gasteiger partial charge in [0.05, 0.1) is 6.61 Å². The van der Waals surface area contributed by atoms with E-state index in [4.69, 9.17) is 9.94 Å². The van der Waals surface area contributed by atoms with Crippen LogP contribution in [0.25, 0.3) is 0 Å². The summed E-state index contributed by atoms with van der Waals surface area (Å²) in [6, 6.07) is 0. The smallest absolute Gasteiger partial charge is 0.305 e. The first-order valence-corrected chi connectivity index (χ1v) is 5.12. The SMILES string of the molecule is CCOC(=O)CCCCCC/C=N\O. The molecule has 0 unspecified atom stereocenters. The molecule has 0 bridgehead atoms. The lowest BCUT2D eigenvalue weighted by molar-refractivity contribution is -0.143. The molecule has 0 saturated heterocycles. The van der Waals surface area contributed by atoms with Gasteiger partial charge < -0.3 is 9.94 Å². The highest BCUT2D eigenvalue weighted by Gasteiger charge is 1.99. The Morgan fingerprint density at radius 3 is 2.71 bits per heavy atom. The summed E-state index contributed by atoms with van der Waals surface area (Å²) in [4.78, 5) is 10.9. The summed E-state index contributed by atoms with van der Waals surface area (Å²) in [5.41, 5.74) is 0. The number of carbonyl (C=O) groups is 1. The van der Waals surface area contributed by atoms with Crippen LogP contribution in [0.4, 0.5) is 0 Å². The van der Waals surface area contributed by atoms with Crippen molar-refractivity contribution >= 4 is 12.2 Å². The first-order chi connectivity index (χ1) is 6.81. The second-order valence-corrected chi connectivity index (χ2v) is 3.06. The van der Waals surface area contributed by atoms with Crippen molar-refractivity contribution in [3.63, 3.8) is 0 Å². The number of ether oxygens (including phenoxy) is 1. The van der Waals surface area contributed by atoms with Crippen LogP contribution in [0.3, 0.4) is 0 Å². The summed E-state index contributed by atoms with van der Waals surface area (Å²) < 4.78 is 4.79. The third kappa shape index (κ3) is 9.03. The summed E-state index contributed by atoms with van der Waals surface area (Å²) in [5, 5.41) is 11.0. The van der Waals surface area contributed by atoms with Gasteiger partial charge in [-0.2, -0.15) is 0 Å². The molecule has 0 radical (unpaired) electrons. The molecule has 0 aliphatic heterocycles. The highest BCUT2D eigenvalue weighted by atomic mass is 16.5. The molecule has 82 valence electrons. The maximum atomic E-state index is 10.9. The lowest BCUT2D eigenvalue weighted by Crippen LogP contribution is -2.03. The van der Waals surface area contributed by atoms with Crippen LogP contribution in [0.2, 0.25) is 0 Å². The predicted molar refractivity (Wildman–Crippen MR) is 54.6 cm³/mol. The normalized spacial score (nSPS) is 10.6. The van der Waals surface area contributed by atoms with Gasteiger partial charge in [-0.3, -0.25) is 4.79 Å². The molecule has 0 aromatic rings. The molecule has 0 aromatic carbocycles. The van der Waals surface area contributed by atoms with E-state index in [0.29, 0.717) is 13.0 Å². The van der Waals surface area contributed by atoms with Crippen LogP contribution in [-0.2, 0) is 9.53 Å². The van der Waals surface area contributed by atoms with E-state index in [1.54, 1.807) is 0 Å². The van der Waals surface area contributed by atoms with Gasteiger partial charge in [0.1, 0.15) is 0 Å². The number of esters is 1. The third-order valence-corrected chi connectivity index (χ3v) is 1.85. The summed E-state index contributed by atoms with van der Waals surface area (Å²) in [7, 11) is 0. The molecular weight excluding hydrogens is 182 g/mol. The van der Waals surface area contributed by atoms with Gasteiger partial charge in [0.15, 0.2) is 0 Å². The van der Waals surface area contributed by atoms with Crippen LogP contribution in [-0.4, -0.2) is 24.0 Å². The maximum absolute atomic E-state index is 10.9. The largest absolute Gasteiger partial charge is 0.466 e. The van der Waals surface area contributed by atoms with Gasteiger partial charge in [-0.1, -0.05) is 12.8 Å². The average molecular weight is 201 g/mol. The van der Waals surface area contributed by atoms with Crippen LogP contribution in [0.1, 0.15) is 45.4 Å². The molecule has 0 aromatic heterocycles. The molecule has 0 aliphatic rings. The third-order valence-electron chi connectivity index (χ3n) is 1.85. The van der Waals surface area contributed by atoms with Crippen LogP contribution in [0.15, 0.2) is 5.16 Å². The van der Waals surface area contributed by atoms with Gasteiger partial charge in [-0.15, -0.1) is 5.16 Å². The lowest BCUT2D eigenvalue weighted by Gasteiger charge is -2.00. The van der Waals surface area contributed by atoms with E-state index in [9.17, 15) is 4.79 Å². The van der Waals surface area contributed by atoms with Crippen LogP contribution in [0, 0.1) is 0 Å². The zero-order valence-electron chi connectivity index (χ0n) is 8.74. The minimum atomic E-state index is -0.107. The molecular formula is C10H19NO3. The van der Waals surface area contributed by atoms with Gasteiger partial charge in [0.2, 0.25) is 0 Å². The van der Waals surface area contributed by atoms with E-state index in [1.165, 1.54) is 6.21 Å². The van der Waals surface area contributed by atoms with E-state index in [0.717, 1.165) is 32.1 Å². The van der Waals surface area contributed by atoms with Gasteiger partial charge in [0.25, 0.3) is 0 Å². The standard InChI is InChI=1S/C10H19NO3/c1-2-14-10(12)8-6-4-3-5-7-9-11-13/h9,13H,2-8H2,1H3/b11-9-. The Morgan fingerprint density at radius 2 is 2.07 bits per heavy atom. The molecule has 0 spiro atoms.